The second-order valence-corrected chi connectivity index (χ2v) is 5.53. The number of carbonyl (C=O) groups excluding carboxylic acids is 1. The third-order valence-corrected chi connectivity index (χ3v) is 3.68. The van der Waals surface area contributed by atoms with E-state index in [-0.39, 0.29) is 5.91 Å². The molecule has 0 aliphatic carbocycles. The molecule has 2 aromatic rings. The molecule has 0 bridgehead atoms. The van der Waals surface area contributed by atoms with Crippen molar-refractivity contribution >= 4 is 45.8 Å². The number of halogens is 2. The van der Waals surface area contributed by atoms with Gasteiger partial charge in [-0.05, 0) is 65.4 Å². The van der Waals surface area contributed by atoms with Gasteiger partial charge in [-0.2, -0.15) is 0 Å². The number of nitrogens with one attached hydrogen (secondary N) is 1. The fraction of sp³-hybridized carbons (Fsp3) is 0.0714. The van der Waals surface area contributed by atoms with E-state index in [1.54, 1.807) is 12.1 Å². The Labute approximate surface area is 124 Å². The predicted octanol–water partition coefficient (Wildman–Crippen LogP) is 4.51. The Hall–Kier alpha value is -1.07. The van der Waals surface area contributed by atoms with Crippen molar-refractivity contribution in [2.45, 2.75) is 6.92 Å². The van der Waals surface area contributed by atoms with Gasteiger partial charge in [0.05, 0.1) is 0 Å². The van der Waals surface area contributed by atoms with Crippen LogP contribution in [-0.2, 0) is 0 Å². The molecule has 0 radical (unpaired) electrons. The van der Waals surface area contributed by atoms with Gasteiger partial charge in [0.15, 0.2) is 0 Å². The van der Waals surface area contributed by atoms with Gasteiger partial charge >= 0.3 is 0 Å². The van der Waals surface area contributed by atoms with Gasteiger partial charge < -0.3 is 5.32 Å². The van der Waals surface area contributed by atoms with Crippen LogP contribution in [0.2, 0.25) is 5.02 Å². The highest BCUT2D eigenvalue weighted by Crippen LogP contribution is 2.23. The van der Waals surface area contributed by atoms with Crippen LogP contribution in [0.5, 0.6) is 0 Å². The van der Waals surface area contributed by atoms with Crippen LogP contribution in [0.25, 0.3) is 0 Å². The molecule has 0 aliphatic rings. The average molecular weight is 372 g/mol. The minimum Gasteiger partial charge on any atom is -0.322 e. The van der Waals surface area contributed by atoms with E-state index in [2.05, 4.69) is 27.9 Å². The van der Waals surface area contributed by atoms with Crippen LogP contribution in [0, 0.1) is 10.5 Å². The zero-order chi connectivity index (χ0) is 13.1. The lowest BCUT2D eigenvalue weighted by Gasteiger charge is -2.09. The van der Waals surface area contributed by atoms with E-state index in [1.165, 1.54) is 0 Å². The second kappa shape index (κ2) is 5.71. The monoisotopic (exact) mass is 371 g/mol. The molecule has 0 unspecified atom stereocenters. The van der Waals surface area contributed by atoms with Gasteiger partial charge in [0.1, 0.15) is 0 Å². The summed E-state index contributed by atoms with van der Waals surface area (Å²) >= 11 is 8.20. The Balaban J connectivity index is 2.24. The number of hydrogen-bond donors (Lipinski definition) is 1. The largest absolute Gasteiger partial charge is 0.322 e. The number of hydrogen-bond acceptors (Lipinski definition) is 1. The van der Waals surface area contributed by atoms with Crippen molar-refractivity contribution in [3.05, 3.63) is 62.2 Å². The first-order valence-corrected chi connectivity index (χ1v) is 6.85. The number of benzene rings is 2. The zero-order valence-corrected chi connectivity index (χ0v) is 12.6. The minimum atomic E-state index is -0.126. The van der Waals surface area contributed by atoms with Crippen molar-refractivity contribution in [3.63, 3.8) is 0 Å². The summed E-state index contributed by atoms with van der Waals surface area (Å²) in [7, 11) is 0. The molecule has 0 atom stereocenters. The quantitative estimate of drug-likeness (QED) is 0.774. The summed E-state index contributed by atoms with van der Waals surface area (Å²) in [6.45, 7) is 1.88. The summed E-state index contributed by atoms with van der Waals surface area (Å²) in [4.78, 5) is 12.1. The highest BCUT2D eigenvalue weighted by Gasteiger charge is 2.09. The van der Waals surface area contributed by atoms with Gasteiger partial charge in [0.2, 0.25) is 0 Å². The van der Waals surface area contributed by atoms with Gasteiger partial charge in [-0.3, -0.25) is 4.79 Å². The Kier molecular flexibility index (Phi) is 4.24. The molecule has 18 heavy (non-hydrogen) atoms. The Morgan fingerprint density at radius 3 is 2.67 bits per heavy atom. The molecule has 1 amide bonds. The van der Waals surface area contributed by atoms with E-state index < -0.39 is 0 Å². The lowest BCUT2D eigenvalue weighted by molar-refractivity contribution is 0.102. The van der Waals surface area contributed by atoms with E-state index in [1.807, 2.05) is 37.3 Å². The van der Waals surface area contributed by atoms with Crippen molar-refractivity contribution in [3.8, 4) is 0 Å². The van der Waals surface area contributed by atoms with Crippen LogP contribution in [0.1, 0.15) is 15.9 Å². The van der Waals surface area contributed by atoms with Gasteiger partial charge in [-0.15, -0.1) is 0 Å². The molecule has 0 saturated heterocycles. The Morgan fingerprint density at radius 2 is 1.94 bits per heavy atom. The standard InChI is InChI=1S/C14H11ClINO/c1-9-12(15)6-3-7-13(9)17-14(18)10-4-2-5-11(16)8-10/h2-8H,1H3,(H,17,18). The molecule has 2 rings (SSSR count). The SMILES string of the molecule is Cc1c(Cl)cccc1NC(=O)c1cccc(I)c1. The molecule has 2 aromatic carbocycles. The van der Waals surface area contributed by atoms with Crippen LogP contribution in [-0.4, -0.2) is 5.91 Å². The number of carbonyl (C=O) groups is 1. The van der Waals surface area contributed by atoms with Crippen LogP contribution in [0.3, 0.4) is 0 Å². The predicted molar refractivity (Wildman–Crippen MR) is 83.3 cm³/mol. The van der Waals surface area contributed by atoms with Gasteiger partial charge in [0.25, 0.3) is 5.91 Å². The molecule has 0 aliphatic heterocycles. The molecule has 0 heterocycles. The first-order chi connectivity index (χ1) is 8.58. The van der Waals surface area contributed by atoms with Crippen LogP contribution in [0.4, 0.5) is 5.69 Å². The molecular weight excluding hydrogens is 361 g/mol. The average Bonchev–Trinajstić information content (AvgIpc) is 2.35. The van der Waals surface area contributed by atoms with Crippen LogP contribution in [0.15, 0.2) is 42.5 Å². The molecule has 92 valence electrons. The lowest BCUT2D eigenvalue weighted by Crippen LogP contribution is -2.12. The van der Waals surface area contributed by atoms with E-state index in [0.29, 0.717) is 10.6 Å². The Morgan fingerprint density at radius 1 is 1.22 bits per heavy atom. The van der Waals surface area contributed by atoms with Crippen LogP contribution < -0.4 is 5.32 Å². The summed E-state index contributed by atoms with van der Waals surface area (Å²) in [5, 5.41) is 3.52. The van der Waals surface area contributed by atoms with Crippen molar-refractivity contribution in [2.75, 3.05) is 5.32 Å². The molecule has 0 saturated carbocycles. The molecule has 0 aromatic heterocycles. The molecule has 4 heteroatoms. The molecule has 2 nitrogen and oxygen atoms in total. The van der Waals surface area contributed by atoms with Gasteiger partial charge in [-0.25, -0.2) is 0 Å². The van der Waals surface area contributed by atoms with Crippen molar-refractivity contribution < 1.29 is 4.79 Å². The molecular formula is C14H11ClINO. The lowest BCUT2D eigenvalue weighted by atomic mass is 10.1. The van der Waals surface area contributed by atoms with Crippen molar-refractivity contribution in [2.24, 2.45) is 0 Å². The summed E-state index contributed by atoms with van der Waals surface area (Å²) in [5.74, 6) is -0.126. The smallest absolute Gasteiger partial charge is 0.255 e. The van der Waals surface area contributed by atoms with Crippen molar-refractivity contribution in [1.29, 1.82) is 0 Å². The van der Waals surface area contributed by atoms with E-state index in [9.17, 15) is 4.79 Å². The maximum atomic E-state index is 12.1. The Bertz CT molecular complexity index is 598. The molecule has 0 fully saturated rings. The summed E-state index contributed by atoms with van der Waals surface area (Å²) in [6, 6.07) is 12.9. The normalized spacial score (nSPS) is 10.2. The number of rotatable bonds is 2. The summed E-state index contributed by atoms with van der Waals surface area (Å²) < 4.78 is 1.03. The first-order valence-electron chi connectivity index (χ1n) is 5.40. The van der Waals surface area contributed by atoms with Gasteiger partial charge in [-0.1, -0.05) is 23.7 Å². The van der Waals surface area contributed by atoms with E-state index in [4.69, 9.17) is 11.6 Å². The fourth-order valence-corrected chi connectivity index (χ4v) is 2.28. The third-order valence-electron chi connectivity index (χ3n) is 2.60. The highest BCUT2D eigenvalue weighted by molar-refractivity contribution is 14.1. The number of anilines is 1. The van der Waals surface area contributed by atoms with Crippen molar-refractivity contribution in [1.82, 2.24) is 0 Å². The van der Waals surface area contributed by atoms with E-state index >= 15 is 0 Å². The molecule has 1 N–H and O–H groups in total. The summed E-state index contributed by atoms with van der Waals surface area (Å²) in [5.41, 5.74) is 2.26. The first kappa shape index (κ1) is 13.4. The maximum absolute atomic E-state index is 12.1. The minimum absolute atomic E-state index is 0.126. The fourth-order valence-electron chi connectivity index (χ4n) is 1.57. The van der Waals surface area contributed by atoms with Gasteiger partial charge in [0, 0.05) is 19.8 Å². The topological polar surface area (TPSA) is 29.1 Å². The third kappa shape index (κ3) is 3.03. The zero-order valence-electron chi connectivity index (χ0n) is 9.71. The number of amides is 1. The van der Waals surface area contributed by atoms with Crippen LogP contribution >= 0.6 is 34.2 Å². The summed E-state index contributed by atoms with van der Waals surface area (Å²) in [6.07, 6.45) is 0. The maximum Gasteiger partial charge on any atom is 0.255 e. The second-order valence-electron chi connectivity index (χ2n) is 3.88. The molecule has 0 spiro atoms. The van der Waals surface area contributed by atoms with E-state index in [0.717, 1.165) is 14.8 Å². The highest BCUT2D eigenvalue weighted by atomic mass is 127.